The first-order chi connectivity index (χ1) is 8.56. The number of hydrogen-bond donors (Lipinski definition) is 1. The van der Waals surface area contributed by atoms with Crippen molar-refractivity contribution in [1.29, 1.82) is 0 Å². The highest BCUT2D eigenvalue weighted by atomic mass is 35.5. The van der Waals surface area contributed by atoms with Gasteiger partial charge in [0.25, 0.3) is 0 Å². The van der Waals surface area contributed by atoms with Gasteiger partial charge in [-0.1, -0.05) is 30.3 Å². The lowest BCUT2D eigenvalue weighted by Gasteiger charge is -2.21. The molecular formula is C14H17ClN2O. The molecule has 1 unspecified atom stereocenters. The van der Waals surface area contributed by atoms with Crippen LogP contribution in [0.25, 0.3) is 0 Å². The summed E-state index contributed by atoms with van der Waals surface area (Å²) in [4.78, 5) is 13.1. The Morgan fingerprint density at radius 1 is 1.44 bits per heavy atom. The Hall–Kier alpha value is -1.48. The average Bonchev–Trinajstić information content (AvgIpc) is 2.78. The maximum atomic E-state index is 11.0. The molecule has 3 nitrogen and oxygen atoms in total. The number of halogens is 1. The van der Waals surface area contributed by atoms with Crippen molar-refractivity contribution in [2.24, 2.45) is 0 Å². The first-order valence-corrected chi connectivity index (χ1v) is 6.41. The SMILES string of the molecule is C=C(NC(C)=O)N1CCC(c2ccc(Cl)cc2)C1. The van der Waals surface area contributed by atoms with Crippen LogP contribution in [0, 0.1) is 0 Å². The van der Waals surface area contributed by atoms with E-state index in [0.717, 1.165) is 24.5 Å². The van der Waals surface area contributed by atoms with E-state index in [1.54, 1.807) is 0 Å². The maximum Gasteiger partial charge on any atom is 0.222 e. The van der Waals surface area contributed by atoms with E-state index in [-0.39, 0.29) is 5.91 Å². The maximum absolute atomic E-state index is 11.0. The Bertz CT molecular complexity index is 455. The van der Waals surface area contributed by atoms with Gasteiger partial charge in [-0.25, -0.2) is 0 Å². The number of carbonyl (C=O) groups excluding carboxylic acids is 1. The smallest absolute Gasteiger partial charge is 0.222 e. The Morgan fingerprint density at radius 3 is 2.72 bits per heavy atom. The molecule has 1 aliphatic rings. The third-order valence-corrected chi connectivity index (χ3v) is 3.48. The van der Waals surface area contributed by atoms with Crippen molar-refractivity contribution in [1.82, 2.24) is 10.2 Å². The fourth-order valence-electron chi connectivity index (χ4n) is 2.29. The molecule has 0 aliphatic carbocycles. The summed E-state index contributed by atoms with van der Waals surface area (Å²) >= 11 is 5.88. The molecule has 1 aromatic rings. The van der Waals surface area contributed by atoms with Gasteiger partial charge in [0.1, 0.15) is 5.82 Å². The highest BCUT2D eigenvalue weighted by Crippen LogP contribution is 2.29. The molecule has 0 saturated carbocycles. The minimum Gasteiger partial charge on any atom is -0.358 e. The highest BCUT2D eigenvalue weighted by molar-refractivity contribution is 6.30. The van der Waals surface area contributed by atoms with Gasteiger partial charge in [-0.15, -0.1) is 0 Å². The van der Waals surface area contributed by atoms with Gasteiger partial charge in [-0.05, 0) is 24.1 Å². The number of rotatable bonds is 3. The lowest BCUT2D eigenvalue weighted by atomic mass is 9.99. The van der Waals surface area contributed by atoms with E-state index in [0.29, 0.717) is 11.7 Å². The van der Waals surface area contributed by atoms with Crippen molar-refractivity contribution in [3.05, 3.63) is 47.3 Å². The molecule has 1 N–H and O–H groups in total. The predicted molar refractivity (Wildman–Crippen MR) is 73.3 cm³/mol. The zero-order chi connectivity index (χ0) is 13.1. The van der Waals surface area contributed by atoms with Gasteiger partial charge >= 0.3 is 0 Å². The first kappa shape index (κ1) is 13.0. The van der Waals surface area contributed by atoms with Crippen molar-refractivity contribution in [2.75, 3.05) is 13.1 Å². The normalized spacial score (nSPS) is 18.8. The molecule has 96 valence electrons. The Kier molecular flexibility index (Phi) is 3.92. The number of benzene rings is 1. The minimum absolute atomic E-state index is 0.0741. The van der Waals surface area contributed by atoms with Gasteiger partial charge in [0.05, 0.1) is 0 Å². The van der Waals surface area contributed by atoms with E-state index in [1.807, 2.05) is 12.1 Å². The summed E-state index contributed by atoms with van der Waals surface area (Å²) in [5.74, 6) is 1.10. The topological polar surface area (TPSA) is 32.3 Å². The number of likely N-dealkylation sites (tertiary alicyclic amines) is 1. The molecule has 1 fully saturated rings. The van der Waals surface area contributed by atoms with E-state index < -0.39 is 0 Å². The molecule has 18 heavy (non-hydrogen) atoms. The Labute approximate surface area is 112 Å². The van der Waals surface area contributed by atoms with Crippen molar-refractivity contribution < 1.29 is 4.79 Å². The summed E-state index contributed by atoms with van der Waals surface area (Å²) in [5.41, 5.74) is 1.29. The molecule has 1 atom stereocenters. The van der Waals surface area contributed by atoms with Crippen LogP contribution in [0.5, 0.6) is 0 Å². The standard InChI is InChI=1S/C14H17ClN2O/c1-10(16-11(2)18)17-8-7-13(9-17)12-3-5-14(15)6-4-12/h3-6,13H,1,7-9H2,2H3,(H,16,18). The van der Waals surface area contributed by atoms with Crippen LogP contribution in [-0.2, 0) is 4.79 Å². The van der Waals surface area contributed by atoms with Crippen LogP contribution in [0.2, 0.25) is 5.02 Å². The summed E-state index contributed by atoms with van der Waals surface area (Å²) in [6, 6.07) is 7.97. The first-order valence-electron chi connectivity index (χ1n) is 6.03. The predicted octanol–water partition coefficient (Wildman–Crippen LogP) is 2.74. The quantitative estimate of drug-likeness (QED) is 0.911. The van der Waals surface area contributed by atoms with Gasteiger partial charge in [-0.2, -0.15) is 0 Å². The van der Waals surface area contributed by atoms with Crippen LogP contribution in [0.1, 0.15) is 24.8 Å². The highest BCUT2D eigenvalue weighted by Gasteiger charge is 2.24. The zero-order valence-electron chi connectivity index (χ0n) is 10.4. The number of amides is 1. The molecular weight excluding hydrogens is 248 g/mol. The summed E-state index contributed by atoms with van der Waals surface area (Å²) in [7, 11) is 0. The van der Waals surface area contributed by atoms with Gasteiger partial charge in [0, 0.05) is 31.0 Å². The van der Waals surface area contributed by atoms with Crippen LogP contribution in [-0.4, -0.2) is 23.9 Å². The lowest BCUT2D eigenvalue weighted by molar-refractivity contribution is -0.118. The van der Waals surface area contributed by atoms with Crippen LogP contribution in [0.15, 0.2) is 36.7 Å². The van der Waals surface area contributed by atoms with Crippen molar-refractivity contribution in [2.45, 2.75) is 19.3 Å². The number of nitrogens with zero attached hydrogens (tertiary/aromatic N) is 1. The number of carbonyl (C=O) groups is 1. The third-order valence-electron chi connectivity index (χ3n) is 3.23. The summed E-state index contributed by atoms with van der Waals surface area (Å²) < 4.78 is 0. The van der Waals surface area contributed by atoms with Crippen molar-refractivity contribution >= 4 is 17.5 Å². The number of nitrogens with one attached hydrogen (secondary N) is 1. The fraction of sp³-hybridized carbons (Fsp3) is 0.357. The van der Waals surface area contributed by atoms with E-state index in [4.69, 9.17) is 11.6 Å². The van der Waals surface area contributed by atoms with Gasteiger partial charge in [-0.3, -0.25) is 4.79 Å². The van der Waals surface area contributed by atoms with Crippen LogP contribution >= 0.6 is 11.6 Å². The molecule has 1 heterocycles. The molecule has 2 rings (SSSR count). The second-order valence-corrected chi connectivity index (χ2v) is 5.05. The van der Waals surface area contributed by atoms with Crippen LogP contribution in [0.4, 0.5) is 0 Å². The summed E-state index contributed by atoms with van der Waals surface area (Å²) in [6.07, 6.45) is 1.07. The molecule has 4 heteroatoms. The molecule has 1 aliphatic heterocycles. The van der Waals surface area contributed by atoms with E-state index in [1.165, 1.54) is 12.5 Å². The van der Waals surface area contributed by atoms with E-state index in [2.05, 4.69) is 28.9 Å². The molecule has 1 amide bonds. The third kappa shape index (κ3) is 3.05. The average molecular weight is 265 g/mol. The van der Waals surface area contributed by atoms with Crippen LogP contribution < -0.4 is 5.32 Å². The van der Waals surface area contributed by atoms with Crippen molar-refractivity contribution in [3.8, 4) is 0 Å². The second kappa shape index (κ2) is 5.44. The van der Waals surface area contributed by atoms with E-state index >= 15 is 0 Å². The monoisotopic (exact) mass is 264 g/mol. The molecule has 0 bridgehead atoms. The second-order valence-electron chi connectivity index (χ2n) is 4.61. The summed E-state index contributed by atoms with van der Waals surface area (Å²) in [5, 5.41) is 3.50. The molecule has 0 radical (unpaired) electrons. The molecule has 0 spiro atoms. The van der Waals surface area contributed by atoms with Crippen molar-refractivity contribution in [3.63, 3.8) is 0 Å². The Morgan fingerprint density at radius 2 is 2.11 bits per heavy atom. The van der Waals surface area contributed by atoms with Gasteiger partial charge in [0.15, 0.2) is 0 Å². The van der Waals surface area contributed by atoms with Gasteiger partial charge in [0.2, 0.25) is 5.91 Å². The lowest BCUT2D eigenvalue weighted by Crippen LogP contribution is -2.31. The molecule has 1 saturated heterocycles. The minimum atomic E-state index is -0.0741. The Balaban J connectivity index is 1.98. The molecule has 0 aromatic heterocycles. The van der Waals surface area contributed by atoms with Crippen LogP contribution in [0.3, 0.4) is 0 Å². The number of hydrogen-bond acceptors (Lipinski definition) is 2. The largest absolute Gasteiger partial charge is 0.358 e. The summed E-state index contributed by atoms with van der Waals surface area (Å²) in [6.45, 7) is 7.20. The fourth-order valence-corrected chi connectivity index (χ4v) is 2.42. The van der Waals surface area contributed by atoms with Gasteiger partial charge < -0.3 is 10.2 Å². The molecule has 1 aromatic carbocycles. The zero-order valence-corrected chi connectivity index (χ0v) is 11.2. The van der Waals surface area contributed by atoms with E-state index in [9.17, 15) is 4.79 Å².